The third-order valence-electron chi connectivity index (χ3n) is 4.28. The quantitative estimate of drug-likeness (QED) is 0.855. The van der Waals surface area contributed by atoms with E-state index in [2.05, 4.69) is 30.9 Å². The summed E-state index contributed by atoms with van der Waals surface area (Å²) in [6.45, 7) is 9.03. The Balaban J connectivity index is 1.88. The topological polar surface area (TPSA) is 51.0 Å². The highest BCUT2D eigenvalue weighted by Gasteiger charge is 2.33. The first-order valence-electron chi connectivity index (χ1n) is 8.17. The third-order valence-corrected chi connectivity index (χ3v) is 4.28. The predicted octanol–water partition coefficient (Wildman–Crippen LogP) is 3.32. The lowest BCUT2D eigenvalue weighted by molar-refractivity contribution is 0.0725. The molecule has 1 amide bonds. The van der Waals surface area contributed by atoms with Crippen LogP contribution < -0.4 is 0 Å². The summed E-state index contributed by atoms with van der Waals surface area (Å²) in [6.07, 6.45) is 3.75. The maximum Gasteiger partial charge on any atom is 0.274 e. The maximum absolute atomic E-state index is 12.9. The minimum absolute atomic E-state index is 0.00394. The smallest absolute Gasteiger partial charge is 0.274 e. The van der Waals surface area contributed by atoms with Crippen LogP contribution in [0.3, 0.4) is 0 Å². The molecular weight excluding hydrogens is 288 g/mol. The Hall–Kier alpha value is -2.17. The lowest BCUT2D eigenvalue weighted by Crippen LogP contribution is -2.32. The molecule has 122 valence electrons. The van der Waals surface area contributed by atoms with E-state index in [9.17, 15) is 4.79 Å². The van der Waals surface area contributed by atoms with Gasteiger partial charge in [-0.15, -0.1) is 0 Å². The van der Waals surface area contributed by atoms with Crippen LogP contribution in [0.25, 0.3) is 0 Å². The van der Waals surface area contributed by atoms with Gasteiger partial charge in [0.25, 0.3) is 5.91 Å². The van der Waals surface area contributed by atoms with Crippen molar-refractivity contribution >= 4 is 5.91 Å². The molecule has 2 aromatic rings. The van der Waals surface area contributed by atoms with Crippen molar-refractivity contribution < 1.29 is 4.79 Å². The number of amides is 1. The van der Waals surface area contributed by atoms with Crippen LogP contribution in [0.5, 0.6) is 0 Å². The molecule has 0 bridgehead atoms. The molecule has 0 N–H and O–H groups in total. The molecule has 23 heavy (non-hydrogen) atoms. The molecule has 0 aromatic carbocycles. The van der Waals surface area contributed by atoms with Gasteiger partial charge >= 0.3 is 0 Å². The van der Waals surface area contributed by atoms with E-state index in [0.717, 1.165) is 30.8 Å². The van der Waals surface area contributed by atoms with E-state index in [-0.39, 0.29) is 17.5 Å². The molecule has 1 aliphatic rings. The van der Waals surface area contributed by atoms with E-state index in [1.807, 2.05) is 40.8 Å². The Labute approximate surface area is 137 Å². The van der Waals surface area contributed by atoms with Crippen molar-refractivity contribution in [2.24, 2.45) is 0 Å². The number of nitrogens with zero attached hydrogens (tertiary/aromatic N) is 4. The van der Waals surface area contributed by atoms with Crippen LogP contribution in [0.1, 0.15) is 61.5 Å². The second-order valence-corrected chi connectivity index (χ2v) is 7.16. The fraction of sp³-hybridized carbons (Fsp3) is 0.500. The molecule has 0 radical (unpaired) electrons. The number of aromatic nitrogens is 3. The van der Waals surface area contributed by atoms with Crippen molar-refractivity contribution in [1.29, 1.82) is 0 Å². The summed E-state index contributed by atoms with van der Waals surface area (Å²) in [4.78, 5) is 19.3. The minimum Gasteiger partial charge on any atom is -0.329 e. The number of rotatable bonds is 2. The fourth-order valence-corrected chi connectivity index (χ4v) is 3.30. The van der Waals surface area contributed by atoms with Crippen LogP contribution in [0.4, 0.5) is 0 Å². The van der Waals surface area contributed by atoms with Crippen LogP contribution in [0.15, 0.2) is 30.5 Å². The Morgan fingerprint density at radius 3 is 2.70 bits per heavy atom. The van der Waals surface area contributed by atoms with Crippen LogP contribution in [0.2, 0.25) is 0 Å². The molecule has 0 unspecified atom stereocenters. The second-order valence-electron chi connectivity index (χ2n) is 7.16. The van der Waals surface area contributed by atoms with E-state index in [4.69, 9.17) is 0 Å². The standard InChI is InChI=1S/C18H24N4O/c1-13-12-15(20-22(13)18(2,3)4)17(23)21-11-7-9-16(21)14-8-5-6-10-19-14/h5-6,8,10,12,16H,7,9,11H2,1-4H3/t16-/m1/s1. The van der Waals surface area contributed by atoms with Crippen LogP contribution >= 0.6 is 0 Å². The Bertz CT molecular complexity index is 700. The van der Waals surface area contributed by atoms with Gasteiger partial charge in [0, 0.05) is 18.4 Å². The number of aryl methyl sites for hydroxylation is 1. The lowest BCUT2D eigenvalue weighted by atomic mass is 10.1. The van der Waals surface area contributed by atoms with Crippen LogP contribution in [0, 0.1) is 6.92 Å². The largest absolute Gasteiger partial charge is 0.329 e. The molecule has 3 heterocycles. The summed E-state index contributed by atoms with van der Waals surface area (Å²) < 4.78 is 1.92. The molecule has 0 spiro atoms. The Morgan fingerprint density at radius 2 is 2.09 bits per heavy atom. The first-order chi connectivity index (χ1) is 10.9. The maximum atomic E-state index is 12.9. The number of carbonyl (C=O) groups is 1. The van der Waals surface area contributed by atoms with Gasteiger partial charge in [0.05, 0.1) is 17.3 Å². The van der Waals surface area contributed by atoms with Crippen molar-refractivity contribution in [2.75, 3.05) is 6.54 Å². The molecule has 2 aromatic heterocycles. The Morgan fingerprint density at radius 1 is 1.30 bits per heavy atom. The molecule has 1 fully saturated rings. The highest BCUT2D eigenvalue weighted by atomic mass is 16.2. The van der Waals surface area contributed by atoms with Gasteiger partial charge < -0.3 is 4.90 Å². The van der Waals surface area contributed by atoms with Crippen molar-refractivity contribution in [1.82, 2.24) is 19.7 Å². The first kappa shape index (κ1) is 15.7. The molecule has 3 rings (SSSR count). The number of hydrogen-bond donors (Lipinski definition) is 0. The van der Waals surface area contributed by atoms with E-state index in [1.165, 1.54) is 0 Å². The zero-order chi connectivity index (χ0) is 16.6. The highest BCUT2D eigenvalue weighted by Crippen LogP contribution is 2.32. The van der Waals surface area contributed by atoms with Crippen molar-refractivity contribution in [3.8, 4) is 0 Å². The average Bonchev–Trinajstić information content (AvgIpc) is 3.13. The Kier molecular flexibility index (Phi) is 3.96. The molecular formula is C18H24N4O. The summed E-state index contributed by atoms with van der Waals surface area (Å²) in [5.41, 5.74) is 2.37. The van der Waals surface area contributed by atoms with Gasteiger partial charge in [0.15, 0.2) is 5.69 Å². The van der Waals surface area contributed by atoms with Gasteiger partial charge in [-0.05, 0) is 58.7 Å². The number of pyridine rings is 1. The van der Waals surface area contributed by atoms with Gasteiger partial charge in [-0.25, -0.2) is 0 Å². The molecule has 1 aliphatic heterocycles. The van der Waals surface area contributed by atoms with Crippen molar-refractivity contribution in [3.63, 3.8) is 0 Å². The molecule has 5 heteroatoms. The van der Waals surface area contributed by atoms with Gasteiger partial charge in [0.1, 0.15) is 0 Å². The molecule has 1 saturated heterocycles. The molecule has 0 saturated carbocycles. The highest BCUT2D eigenvalue weighted by molar-refractivity contribution is 5.92. The normalized spacial score (nSPS) is 18.4. The average molecular weight is 312 g/mol. The summed E-state index contributed by atoms with van der Waals surface area (Å²) >= 11 is 0. The van der Waals surface area contributed by atoms with Gasteiger partial charge in [-0.2, -0.15) is 5.10 Å². The molecule has 0 aliphatic carbocycles. The van der Waals surface area contributed by atoms with E-state index >= 15 is 0 Å². The predicted molar refractivity (Wildman–Crippen MR) is 89.2 cm³/mol. The van der Waals surface area contributed by atoms with Crippen molar-refractivity contribution in [2.45, 2.75) is 52.1 Å². The van der Waals surface area contributed by atoms with Crippen molar-refractivity contribution in [3.05, 3.63) is 47.5 Å². The number of hydrogen-bond acceptors (Lipinski definition) is 3. The fourth-order valence-electron chi connectivity index (χ4n) is 3.30. The summed E-state index contributed by atoms with van der Waals surface area (Å²) in [5.74, 6) is 0.00394. The van der Waals surface area contributed by atoms with Gasteiger partial charge in [0.2, 0.25) is 0 Å². The van der Waals surface area contributed by atoms with E-state index < -0.39 is 0 Å². The first-order valence-corrected chi connectivity index (χ1v) is 8.17. The SMILES string of the molecule is Cc1cc(C(=O)N2CCC[C@@H]2c2ccccn2)nn1C(C)(C)C. The second kappa shape index (κ2) is 5.80. The minimum atomic E-state index is -0.131. The van der Waals surface area contributed by atoms with Crippen LogP contribution in [-0.2, 0) is 5.54 Å². The van der Waals surface area contributed by atoms with Gasteiger partial charge in [-0.1, -0.05) is 6.07 Å². The molecule has 5 nitrogen and oxygen atoms in total. The zero-order valence-corrected chi connectivity index (χ0v) is 14.3. The molecule has 1 atom stereocenters. The van der Waals surface area contributed by atoms with E-state index in [0.29, 0.717) is 5.69 Å². The number of likely N-dealkylation sites (tertiary alicyclic amines) is 1. The summed E-state index contributed by atoms with van der Waals surface area (Å²) in [6, 6.07) is 7.82. The lowest BCUT2D eigenvalue weighted by Gasteiger charge is -2.24. The summed E-state index contributed by atoms with van der Waals surface area (Å²) in [5, 5.41) is 4.56. The van der Waals surface area contributed by atoms with E-state index in [1.54, 1.807) is 6.20 Å². The third kappa shape index (κ3) is 3.00. The zero-order valence-electron chi connectivity index (χ0n) is 14.3. The monoisotopic (exact) mass is 312 g/mol. The van der Waals surface area contributed by atoms with Gasteiger partial charge in [-0.3, -0.25) is 14.5 Å². The number of carbonyl (C=O) groups excluding carboxylic acids is 1. The van der Waals surface area contributed by atoms with Crippen LogP contribution in [-0.4, -0.2) is 32.1 Å². The summed E-state index contributed by atoms with van der Waals surface area (Å²) in [7, 11) is 0.